The van der Waals surface area contributed by atoms with Crippen molar-refractivity contribution in [1.82, 2.24) is 15.1 Å². The van der Waals surface area contributed by atoms with E-state index in [0.29, 0.717) is 30.3 Å². The van der Waals surface area contributed by atoms with Crippen LogP contribution in [0, 0.1) is 0 Å². The van der Waals surface area contributed by atoms with Crippen LogP contribution in [-0.2, 0) is 19.7 Å². The third-order valence-electron chi connectivity index (χ3n) is 4.29. The first kappa shape index (κ1) is 19.8. The van der Waals surface area contributed by atoms with Gasteiger partial charge < -0.3 is 14.8 Å². The van der Waals surface area contributed by atoms with E-state index in [0.717, 1.165) is 22.8 Å². The van der Waals surface area contributed by atoms with Crippen LogP contribution in [-0.4, -0.2) is 22.8 Å². The number of carbonyl (C=O) groups excluding carboxylic acids is 1. The minimum absolute atomic E-state index is 0.164. The number of carbonyl (C=O) groups is 1. The average Bonchev–Trinajstić information content (AvgIpc) is 3.10. The molecule has 0 saturated heterocycles. The lowest BCUT2D eigenvalue weighted by Crippen LogP contribution is -2.24. The van der Waals surface area contributed by atoms with Crippen LogP contribution >= 0.6 is 11.6 Å². The van der Waals surface area contributed by atoms with E-state index in [-0.39, 0.29) is 5.91 Å². The Balaban J connectivity index is 1.54. The number of methoxy groups -OCH3 is 1. The minimum atomic E-state index is -0.164. The van der Waals surface area contributed by atoms with Crippen molar-refractivity contribution in [3.05, 3.63) is 76.6 Å². The Kier molecular flexibility index (Phi) is 6.55. The van der Waals surface area contributed by atoms with Gasteiger partial charge in [-0.25, -0.2) is 0 Å². The van der Waals surface area contributed by atoms with E-state index in [4.69, 9.17) is 21.1 Å². The van der Waals surface area contributed by atoms with Gasteiger partial charge in [0.15, 0.2) is 0 Å². The summed E-state index contributed by atoms with van der Waals surface area (Å²) in [5.74, 6) is 1.38. The average molecular weight is 400 g/mol. The highest BCUT2D eigenvalue weighted by Gasteiger charge is 2.11. The van der Waals surface area contributed by atoms with Crippen molar-refractivity contribution in [3.63, 3.8) is 0 Å². The first-order chi connectivity index (χ1) is 13.6. The molecule has 3 rings (SSSR count). The topological polar surface area (TPSA) is 65.4 Å². The molecule has 3 aromatic rings. The van der Waals surface area contributed by atoms with Crippen LogP contribution in [0.15, 0.2) is 54.7 Å². The summed E-state index contributed by atoms with van der Waals surface area (Å²) in [6, 6.07) is 14.7. The largest absolute Gasteiger partial charge is 0.497 e. The van der Waals surface area contributed by atoms with E-state index < -0.39 is 0 Å². The summed E-state index contributed by atoms with van der Waals surface area (Å²) >= 11 is 6.12. The highest BCUT2D eigenvalue weighted by Crippen LogP contribution is 2.18. The maximum Gasteiger partial charge on any atom is 0.251 e. The molecule has 0 aliphatic heterocycles. The smallest absolute Gasteiger partial charge is 0.251 e. The Morgan fingerprint density at radius 1 is 1.11 bits per heavy atom. The van der Waals surface area contributed by atoms with Gasteiger partial charge in [0.2, 0.25) is 0 Å². The molecule has 7 heteroatoms. The van der Waals surface area contributed by atoms with Gasteiger partial charge in [-0.15, -0.1) is 0 Å². The molecule has 1 aromatic heterocycles. The van der Waals surface area contributed by atoms with E-state index in [9.17, 15) is 4.79 Å². The fraction of sp³-hybridized carbons (Fsp3) is 0.238. The summed E-state index contributed by atoms with van der Waals surface area (Å²) in [7, 11) is 1.63. The quantitative estimate of drug-likeness (QED) is 0.620. The zero-order valence-corrected chi connectivity index (χ0v) is 16.6. The molecule has 0 unspecified atom stereocenters. The van der Waals surface area contributed by atoms with Crippen molar-refractivity contribution >= 4 is 17.5 Å². The van der Waals surface area contributed by atoms with Gasteiger partial charge in [-0.3, -0.25) is 9.48 Å². The summed E-state index contributed by atoms with van der Waals surface area (Å²) in [6.45, 7) is 3.41. The van der Waals surface area contributed by atoms with E-state index in [1.165, 1.54) is 0 Å². The van der Waals surface area contributed by atoms with E-state index in [2.05, 4.69) is 10.4 Å². The standard InChI is InChI=1S/C21H22ClN3O3/c1-3-25-20(19(22)12-24-25)13-23-21(26)16-6-4-15(5-7-16)14-28-18-10-8-17(27-2)9-11-18/h4-12H,3,13-14H2,1-2H3,(H,23,26). The van der Waals surface area contributed by atoms with E-state index in [1.807, 2.05) is 43.3 Å². The number of benzene rings is 2. The van der Waals surface area contributed by atoms with Crippen LogP contribution < -0.4 is 14.8 Å². The number of aryl methyl sites for hydroxylation is 1. The van der Waals surface area contributed by atoms with Crippen molar-refractivity contribution in [2.24, 2.45) is 0 Å². The van der Waals surface area contributed by atoms with Crippen LogP contribution in [0.1, 0.15) is 28.5 Å². The van der Waals surface area contributed by atoms with Gasteiger partial charge in [-0.05, 0) is 48.9 Å². The van der Waals surface area contributed by atoms with Crippen molar-refractivity contribution in [1.29, 1.82) is 0 Å². The maximum absolute atomic E-state index is 12.4. The van der Waals surface area contributed by atoms with E-state index >= 15 is 0 Å². The predicted molar refractivity (Wildman–Crippen MR) is 108 cm³/mol. The molecule has 0 aliphatic carbocycles. The summed E-state index contributed by atoms with van der Waals surface area (Å²) < 4.78 is 12.6. The summed E-state index contributed by atoms with van der Waals surface area (Å²) in [6.07, 6.45) is 1.59. The molecule has 0 radical (unpaired) electrons. The Morgan fingerprint density at radius 2 is 1.79 bits per heavy atom. The second-order valence-electron chi connectivity index (χ2n) is 6.10. The lowest BCUT2D eigenvalue weighted by atomic mass is 10.1. The molecular formula is C21H22ClN3O3. The van der Waals surface area contributed by atoms with Gasteiger partial charge in [0.05, 0.1) is 30.6 Å². The van der Waals surface area contributed by atoms with Gasteiger partial charge in [0.1, 0.15) is 18.1 Å². The Morgan fingerprint density at radius 3 is 2.43 bits per heavy atom. The Labute approximate surface area is 169 Å². The molecular weight excluding hydrogens is 378 g/mol. The van der Waals surface area contributed by atoms with Gasteiger partial charge in [-0.1, -0.05) is 23.7 Å². The summed E-state index contributed by atoms with van der Waals surface area (Å²) in [5.41, 5.74) is 2.34. The van der Waals surface area contributed by atoms with Gasteiger partial charge >= 0.3 is 0 Å². The third kappa shape index (κ3) is 4.84. The first-order valence-corrected chi connectivity index (χ1v) is 9.32. The highest BCUT2D eigenvalue weighted by molar-refractivity contribution is 6.31. The second kappa shape index (κ2) is 9.28. The number of aromatic nitrogens is 2. The number of hydrogen-bond donors (Lipinski definition) is 1. The zero-order valence-electron chi connectivity index (χ0n) is 15.8. The van der Waals surface area contributed by atoms with E-state index in [1.54, 1.807) is 30.1 Å². The van der Waals surface area contributed by atoms with Crippen LogP contribution in [0.3, 0.4) is 0 Å². The number of hydrogen-bond acceptors (Lipinski definition) is 4. The maximum atomic E-state index is 12.4. The first-order valence-electron chi connectivity index (χ1n) is 8.95. The molecule has 146 valence electrons. The Bertz CT molecular complexity index is 921. The lowest BCUT2D eigenvalue weighted by Gasteiger charge is -2.09. The molecule has 1 heterocycles. The van der Waals surface area contributed by atoms with Gasteiger partial charge in [-0.2, -0.15) is 5.10 Å². The van der Waals surface area contributed by atoms with Crippen LogP contribution in [0.25, 0.3) is 0 Å². The molecule has 0 fully saturated rings. The second-order valence-corrected chi connectivity index (χ2v) is 6.51. The molecule has 0 aliphatic rings. The predicted octanol–water partition coefficient (Wildman–Crippen LogP) is 4.07. The van der Waals surface area contributed by atoms with Crippen molar-refractivity contribution < 1.29 is 14.3 Å². The fourth-order valence-corrected chi connectivity index (χ4v) is 2.90. The van der Waals surface area contributed by atoms with Crippen molar-refractivity contribution in [2.45, 2.75) is 26.6 Å². The molecule has 2 aromatic carbocycles. The third-order valence-corrected chi connectivity index (χ3v) is 4.61. The highest BCUT2D eigenvalue weighted by atomic mass is 35.5. The van der Waals surface area contributed by atoms with Crippen molar-refractivity contribution in [2.75, 3.05) is 7.11 Å². The summed E-state index contributed by atoms with van der Waals surface area (Å²) in [5, 5.41) is 7.59. The normalized spacial score (nSPS) is 10.5. The van der Waals surface area contributed by atoms with Crippen molar-refractivity contribution in [3.8, 4) is 11.5 Å². The number of nitrogens with one attached hydrogen (secondary N) is 1. The minimum Gasteiger partial charge on any atom is -0.497 e. The molecule has 0 bridgehead atoms. The molecule has 0 spiro atoms. The number of rotatable bonds is 8. The molecule has 0 atom stereocenters. The van der Waals surface area contributed by atoms with Crippen LogP contribution in [0.4, 0.5) is 0 Å². The number of halogens is 1. The monoisotopic (exact) mass is 399 g/mol. The van der Waals surface area contributed by atoms with Gasteiger partial charge in [0, 0.05) is 12.1 Å². The fourth-order valence-electron chi connectivity index (χ4n) is 2.69. The zero-order chi connectivity index (χ0) is 19.9. The Hall–Kier alpha value is -2.99. The number of amides is 1. The summed E-state index contributed by atoms with van der Waals surface area (Å²) in [4.78, 5) is 12.4. The number of nitrogens with zero attached hydrogens (tertiary/aromatic N) is 2. The molecule has 6 nitrogen and oxygen atoms in total. The molecule has 28 heavy (non-hydrogen) atoms. The lowest BCUT2D eigenvalue weighted by molar-refractivity contribution is 0.0950. The van der Waals surface area contributed by atoms with Gasteiger partial charge in [0.25, 0.3) is 5.91 Å². The SMILES string of the molecule is CCn1ncc(Cl)c1CNC(=O)c1ccc(COc2ccc(OC)cc2)cc1. The van der Waals surface area contributed by atoms with Crippen LogP contribution in [0.2, 0.25) is 5.02 Å². The molecule has 1 N–H and O–H groups in total. The molecule has 0 saturated carbocycles. The van der Waals surface area contributed by atoms with Crippen LogP contribution in [0.5, 0.6) is 11.5 Å². The molecule has 1 amide bonds. The number of ether oxygens (including phenoxy) is 2.